The summed E-state index contributed by atoms with van der Waals surface area (Å²) in [6.45, 7) is 10.3. The van der Waals surface area contributed by atoms with Gasteiger partial charge in [0.05, 0.1) is 18.2 Å². The molecule has 0 spiro atoms. The van der Waals surface area contributed by atoms with E-state index in [-0.39, 0.29) is 18.4 Å². The van der Waals surface area contributed by atoms with Crippen LogP contribution in [0.15, 0.2) is 48.5 Å². The molecule has 0 radical (unpaired) electrons. The van der Waals surface area contributed by atoms with Crippen LogP contribution in [0.1, 0.15) is 74.3 Å². The molecule has 2 aliphatic heterocycles. The first-order chi connectivity index (χ1) is 23.6. The third kappa shape index (κ3) is 8.50. The Hall–Kier alpha value is -3.40. The number of rotatable bonds is 14. The quantitative estimate of drug-likeness (QED) is 0.169. The second-order valence-corrected chi connectivity index (χ2v) is 14.2. The molecule has 2 heterocycles. The summed E-state index contributed by atoms with van der Waals surface area (Å²) in [6, 6.07) is 15.6. The van der Waals surface area contributed by atoms with Crippen molar-refractivity contribution in [2.75, 3.05) is 39.4 Å². The highest BCUT2D eigenvalue weighted by Gasteiger charge is 2.37. The first-order valence-electron chi connectivity index (χ1n) is 17.6. The summed E-state index contributed by atoms with van der Waals surface area (Å²) >= 11 is 6.73. The molecule has 264 valence electrons. The standard InChI is InChI=1S/C39H48ClF2N3O4/c1-4-47-35-22-36(32(40)20-26(35)23-43-24-27-12-13-37(46)44-27)49-38-30-10-5-9-29(31(30)21-33(38)41)28-8-6-11-34(25(28)2)48-19-7-16-45-17-14-39(3,42)15-18-45/h5-6,8-11,20,22,27,33,38,43H,4,7,12-19,21,23-24H2,1-3H3,(H,44,46)/t27-,33-,38+/m0/s1. The Morgan fingerprint density at radius 2 is 1.84 bits per heavy atom. The molecule has 10 heteroatoms. The lowest BCUT2D eigenvalue weighted by atomic mass is 9.93. The number of halogens is 3. The molecule has 3 aromatic rings. The zero-order chi connectivity index (χ0) is 34.5. The molecule has 7 nitrogen and oxygen atoms in total. The van der Waals surface area contributed by atoms with Crippen molar-refractivity contribution in [3.8, 4) is 28.4 Å². The third-order valence-corrected chi connectivity index (χ3v) is 10.4. The molecule has 6 rings (SSSR count). The Balaban J connectivity index is 1.13. The second-order valence-electron chi connectivity index (χ2n) is 13.8. The number of carbonyl (C=O) groups is 1. The van der Waals surface area contributed by atoms with Crippen LogP contribution < -0.4 is 24.8 Å². The Morgan fingerprint density at radius 1 is 1.06 bits per heavy atom. The van der Waals surface area contributed by atoms with Crippen LogP contribution in [0.2, 0.25) is 5.02 Å². The van der Waals surface area contributed by atoms with E-state index in [1.807, 2.05) is 50.2 Å². The average molecular weight is 696 g/mol. The third-order valence-electron chi connectivity index (χ3n) is 10.1. The van der Waals surface area contributed by atoms with E-state index < -0.39 is 17.9 Å². The van der Waals surface area contributed by atoms with E-state index in [0.29, 0.717) is 62.1 Å². The van der Waals surface area contributed by atoms with Crippen molar-refractivity contribution in [1.29, 1.82) is 0 Å². The topological polar surface area (TPSA) is 72.1 Å². The lowest BCUT2D eigenvalue weighted by Crippen LogP contribution is -2.40. The lowest BCUT2D eigenvalue weighted by molar-refractivity contribution is -0.119. The number of carbonyl (C=O) groups excluding carboxylic acids is 1. The summed E-state index contributed by atoms with van der Waals surface area (Å²) in [5.41, 5.74) is 4.53. The molecule has 2 fully saturated rings. The molecule has 0 saturated carbocycles. The van der Waals surface area contributed by atoms with Gasteiger partial charge in [-0.25, -0.2) is 8.78 Å². The number of hydrogen-bond acceptors (Lipinski definition) is 6. The summed E-state index contributed by atoms with van der Waals surface area (Å²) in [5, 5.41) is 6.73. The summed E-state index contributed by atoms with van der Waals surface area (Å²) in [5.74, 6) is 1.89. The predicted molar refractivity (Wildman–Crippen MR) is 189 cm³/mol. The van der Waals surface area contributed by atoms with E-state index in [1.54, 1.807) is 13.0 Å². The minimum absolute atomic E-state index is 0.0835. The fraction of sp³-hybridized carbons (Fsp3) is 0.513. The Bertz CT molecular complexity index is 1630. The Kier molecular flexibility index (Phi) is 11.3. The van der Waals surface area contributed by atoms with Crippen molar-refractivity contribution in [2.24, 2.45) is 0 Å². The van der Waals surface area contributed by atoms with Gasteiger partial charge in [-0.1, -0.05) is 41.9 Å². The number of amides is 1. The fourth-order valence-corrected chi connectivity index (χ4v) is 7.43. The van der Waals surface area contributed by atoms with Gasteiger partial charge in [0, 0.05) is 63.2 Å². The molecular formula is C39H48ClF2N3O4. The largest absolute Gasteiger partial charge is 0.493 e. The molecule has 3 atom stereocenters. The number of benzene rings is 3. The van der Waals surface area contributed by atoms with Gasteiger partial charge < -0.3 is 29.7 Å². The van der Waals surface area contributed by atoms with Gasteiger partial charge in [-0.3, -0.25) is 4.79 Å². The number of alkyl halides is 2. The van der Waals surface area contributed by atoms with E-state index in [9.17, 15) is 9.18 Å². The lowest BCUT2D eigenvalue weighted by Gasteiger charge is -2.34. The summed E-state index contributed by atoms with van der Waals surface area (Å²) in [7, 11) is 0. The maximum atomic E-state index is 15.9. The number of likely N-dealkylation sites (tertiary alicyclic amines) is 1. The van der Waals surface area contributed by atoms with Gasteiger partial charge in [-0.2, -0.15) is 0 Å². The maximum absolute atomic E-state index is 15.9. The van der Waals surface area contributed by atoms with Crippen molar-refractivity contribution < 1.29 is 27.8 Å². The highest BCUT2D eigenvalue weighted by molar-refractivity contribution is 6.32. The van der Waals surface area contributed by atoms with E-state index in [2.05, 4.69) is 21.6 Å². The molecular weight excluding hydrogens is 648 g/mol. The molecule has 0 bridgehead atoms. The monoisotopic (exact) mass is 695 g/mol. The van der Waals surface area contributed by atoms with Crippen LogP contribution in [0, 0.1) is 6.92 Å². The van der Waals surface area contributed by atoms with Crippen molar-refractivity contribution in [2.45, 2.75) is 89.8 Å². The smallest absolute Gasteiger partial charge is 0.220 e. The normalized spacial score (nSPS) is 21.8. The Morgan fingerprint density at radius 3 is 2.59 bits per heavy atom. The van der Waals surface area contributed by atoms with Crippen molar-refractivity contribution in [1.82, 2.24) is 15.5 Å². The molecule has 49 heavy (non-hydrogen) atoms. The van der Waals surface area contributed by atoms with Gasteiger partial charge >= 0.3 is 0 Å². The van der Waals surface area contributed by atoms with Crippen LogP contribution in [0.25, 0.3) is 11.1 Å². The van der Waals surface area contributed by atoms with Crippen molar-refractivity contribution in [3.63, 3.8) is 0 Å². The van der Waals surface area contributed by atoms with Gasteiger partial charge in [-0.15, -0.1) is 0 Å². The SMILES string of the molecule is CCOc1cc(O[C@@H]2c3cccc(-c4cccc(OCCCN5CCC(C)(F)CC5)c4C)c3C[C@@H]2F)c(Cl)cc1CNC[C@@H]1CCC(=O)N1. The number of ether oxygens (including phenoxy) is 3. The van der Waals surface area contributed by atoms with Crippen molar-refractivity contribution in [3.05, 3.63) is 75.8 Å². The highest BCUT2D eigenvalue weighted by atomic mass is 35.5. The summed E-state index contributed by atoms with van der Waals surface area (Å²) in [6.07, 6.45) is 1.55. The fourth-order valence-electron chi connectivity index (χ4n) is 7.20. The molecule has 3 aromatic carbocycles. The number of piperidine rings is 1. The zero-order valence-electron chi connectivity index (χ0n) is 28.8. The van der Waals surface area contributed by atoms with E-state index in [1.165, 1.54) is 0 Å². The van der Waals surface area contributed by atoms with Gasteiger partial charge in [0.1, 0.15) is 29.1 Å². The molecule has 0 unspecified atom stereocenters. The number of hydrogen-bond donors (Lipinski definition) is 2. The van der Waals surface area contributed by atoms with Crippen LogP contribution in [0.5, 0.6) is 17.2 Å². The number of nitrogens with zero attached hydrogens (tertiary/aromatic N) is 1. The van der Waals surface area contributed by atoms with E-state index in [0.717, 1.165) is 71.6 Å². The van der Waals surface area contributed by atoms with Crippen LogP contribution >= 0.6 is 11.6 Å². The van der Waals surface area contributed by atoms with E-state index >= 15 is 4.39 Å². The molecule has 2 N–H and O–H groups in total. The van der Waals surface area contributed by atoms with E-state index in [4.69, 9.17) is 25.8 Å². The maximum Gasteiger partial charge on any atom is 0.220 e. The molecule has 1 amide bonds. The first kappa shape index (κ1) is 35.4. The molecule has 2 saturated heterocycles. The predicted octanol–water partition coefficient (Wildman–Crippen LogP) is 7.69. The van der Waals surface area contributed by atoms with Crippen LogP contribution in [-0.4, -0.2) is 68.1 Å². The van der Waals surface area contributed by atoms with Crippen LogP contribution in [-0.2, 0) is 17.8 Å². The molecule has 0 aromatic heterocycles. The number of nitrogens with one attached hydrogen (secondary N) is 2. The second kappa shape index (κ2) is 15.7. The zero-order valence-corrected chi connectivity index (χ0v) is 29.5. The van der Waals surface area contributed by atoms with Gasteiger partial charge in [0.25, 0.3) is 0 Å². The summed E-state index contributed by atoms with van der Waals surface area (Å²) in [4.78, 5) is 13.8. The Labute approximate surface area is 293 Å². The van der Waals surface area contributed by atoms with Gasteiger partial charge in [0.15, 0.2) is 6.10 Å². The number of fused-ring (bicyclic) bond motifs is 1. The van der Waals surface area contributed by atoms with Crippen molar-refractivity contribution >= 4 is 17.5 Å². The summed E-state index contributed by atoms with van der Waals surface area (Å²) < 4.78 is 48.5. The minimum atomic E-state index is -1.25. The van der Waals surface area contributed by atoms with Crippen LogP contribution in [0.3, 0.4) is 0 Å². The van der Waals surface area contributed by atoms with Gasteiger partial charge in [0.2, 0.25) is 5.91 Å². The highest BCUT2D eigenvalue weighted by Crippen LogP contribution is 2.45. The van der Waals surface area contributed by atoms with Crippen LogP contribution in [0.4, 0.5) is 8.78 Å². The minimum Gasteiger partial charge on any atom is -0.493 e. The molecule has 1 aliphatic carbocycles. The first-order valence-corrected chi connectivity index (χ1v) is 18.0. The molecule has 3 aliphatic rings. The average Bonchev–Trinajstić information content (AvgIpc) is 3.64. The van der Waals surface area contributed by atoms with Gasteiger partial charge in [-0.05, 0) is 86.4 Å².